The quantitative estimate of drug-likeness (QED) is 0.292. The Morgan fingerprint density at radius 3 is 2.56 bits per heavy atom. The first-order chi connectivity index (χ1) is 15.3. The normalized spacial score (nSPS) is 13.3. The number of unbranched alkanes of at least 4 members (excludes halogenated alkanes) is 1. The maximum Gasteiger partial charge on any atom is 0.350 e. The van der Waals surface area contributed by atoms with Crippen LogP contribution in [0.15, 0.2) is 39.6 Å². The summed E-state index contributed by atoms with van der Waals surface area (Å²) in [6, 6.07) is 5.47. The first-order valence-corrected chi connectivity index (χ1v) is 12.0. The number of hydrogen-bond donors (Lipinski definition) is 2. The molecule has 2 rings (SSSR count). The molecule has 2 unspecified atom stereocenters. The van der Waals surface area contributed by atoms with Gasteiger partial charge in [0.1, 0.15) is 17.1 Å². The van der Waals surface area contributed by atoms with Crippen molar-refractivity contribution in [2.45, 2.75) is 71.6 Å². The summed E-state index contributed by atoms with van der Waals surface area (Å²) in [5.41, 5.74) is -1.12. The van der Waals surface area contributed by atoms with Gasteiger partial charge in [-0.15, -0.1) is 11.3 Å². The number of hydrogen-bond acceptors (Lipinski definition) is 6. The van der Waals surface area contributed by atoms with E-state index in [1.54, 1.807) is 11.3 Å². The van der Waals surface area contributed by atoms with Gasteiger partial charge in [-0.2, -0.15) is 0 Å². The highest BCUT2D eigenvalue weighted by Gasteiger charge is 2.27. The van der Waals surface area contributed by atoms with Gasteiger partial charge >= 0.3 is 11.6 Å². The molecular formula is C25H32O6S. The molecule has 32 heavy (non-hydrogen) atoms. The molecule has 0 saturated heterocycles. The number of ketones is 1. The molecule has 0 fully saturated rings. The summed E-state index contributed by atoms with van der Waals surface area (Å²) < 4.78 is 5.37. The number of thiophene rings is 1. The number of Topliss-reactive ketones (excluding diaryl/α,β-unsaturated/α-hetero) is 1. The molecule has 0 aromatic carbocycles. The Morgan fingerprint density at radius 1 is 1.22 bits per heavy atom. The average molecular weight is 461 g/mol. The van der Waals surface area contributed by atoms with Gasteiger partial charge < -0.3 is 14.6 Å². The topological polar surface area (TPSA) is 105 Å². The van der Waals surface area contributed by atoms with E-state index in [-0.39, 0.29) is 23.0 Å². The third-order valence-corrected chi connectivity index (χ3v) is 6.68. The second-order valence-electron chi connectivity index (χ2n) is 8.06. The molecule has 2 aromatic rings. The average Bonchev–Trinajstić information content (AvgIpc) is 3.19. The molecule has 2 aromatic heterocycles. The second kappa shape index (κ2) is 12.4. The Labute approximate surface area is 192 Å². The molecule has 7 heteroatoms. The smallest absolute Gasteiger partial charge is 0.350 e. The lowest BCUT2D eigenvalue weighted by molar-refractivity contribution is -0.131. The fraction of sp³-hybridized carbons (Fsp3) is 0.480. The number of rotatable bonds is 13. The summed E-state index contributed by atoms with van der Waals surface area (Å²) in [7, 11) is 0. The highest BCUT2D eigenvalue weighted by Crippen LogP contribution is 2.29. The SMILES string of the molecule is CCCCc1ccc(CC(CC)C(=O)c2c(O)cc(C(C)CC/C=C/C(=O)O)oc2=O)s1. The Bertz CT molecular complexity index is 1000. The lowest BCUT2D eigenvalue weighted by atomic mass is 9.91. The first-order valence-electron chi connectivity index (χ1n) is 11.1. The second-order valence-corrected chi connectivity index (χ2v) is 9.31. The summed E-state index contributed by atoms with van der Waals surface area (Å²) in [6.07, 6.45) is 7.98. The lowest BCUT2D eigenvalue weighted by Gasteiger charge is -2.14. The maximum atomic E-state index is 13.1. The van der Waals surface area contributed by atoms with Gasteiger partial charge in [-0.3, -0.25) is 4.79 Å². The standard InChI is InChI=1S/C25H32O6S/c1-4-6-10-18-12-13-19(32-18)14-17(5-2)24(29)23-20(26)15-21(31-25(23)30)16(3)9-7-8-11-22(27)28/h8,11-13,15-17,26H,4-7,9-10,14H2,1-3H3,(H,27,28)/b11-8+. The highest BCUT2D eigenvalue weighted by atomic mass is 32.1. The van der Waals surface area contributed by atoms with Gasteiger partial charge in [0.25, 0.3) is 0 Å². The van der Waals surface area contributed by atoms with Crippen LogP contribution in [-0.4, -0.2) is 22.0 Å². The minimum Gasteiger partial charge on any atom is -0.507 e. The molecule has 2 N–H and O–H groups in total. The van der Waals surface area contributed by atoms with E-state index in [0.717, 1.165) is 30.2 Å². The predicted molar refractivity (Wildman–Crippen MR) is 126 cm³/mol. The Kier molecular flexibility index (Phi) is 9.91. The molecule has 0 amide bonds. The van der Waals surface area contributed by atoms with E-state index in [2.05, 4.69) is 13.0 Å². The lowest BCUT2D eigenvalue weighted by Crippen LogP contribution is -2.23. The molecule has 174 valence electrons. The number of carboxylic acid groups (broad SMARTS) is 1. The van der Waals surface area contributed by atoms with Gasteiger partial charge in [0.05, 0.1) is 0 Å². The zero-order chi connectivity index (χ0) is 23.7. The minimum absolute atomic E-state index is 0.217. The van der Waals surface area contributed by atoms with Gasteiger partial charge in [0.2, 0.25) is 0 Å². The molecule has 0 radical (unpaired) electrons. The number of aromatic hydroxyl groups is 1. The van der Waals surface area contributed by atoms with Crippen LogP contribution >= 0.6 is 11.3 Å². The molecular weight excluding hydrogens is 428 g/mol. The zero-order valence-electron chi connectivity index (χ0n) is 18.9. The van der Waals surface area contributed by atoms with Crippen LogP contribution in [0, 0.1) is 5.92 Å². The van der Waals surface area contributed by atoms with Crippen LogP contribution < -0.4 is 5.63 Å². The Hall–Kier alpha value is -2.67. The largest absolute Gasteiger partial charge is 0.507 e. The molecule has 0 aliphatic rings. The molecule has 2 heterocycles. The predicted octanol–water partition coefficient (Wildman–Crippen LogP) is 5.73. The van der Waals surface area contributed by atoms with Crippen LogP contribution in [0.4, 0.5) is 0 Å². The summed E-state index contributed by atoms with van der Waals surface area (Å²) in [4.78, 5) is 38.6. The highest BCUT2D eigenvalue weighted by molar-refractivity contribution is 7.12. The van der Waals surface area contributed by atoms with Gasteiger partial charge in [-0.05, 0) is 50.7 Å². The molecule has 0 aliphatic carbocycles. The van der Waals surface area contributed by atoms with Crippen LogP contribution in [0.5, 0.6) is 5.75 Å². The van der Waals surface area contributed by atoms with Crippen molar-refractivity contribution < 1.29 is 24.2 Å². The van der Waals surface area contributed by atoms with E-state index >= 15 is 0 Å². The van der Waals surface area contributed by atoms with E-state index in [4.69, 9.17) is 9.52 Å². The van der Waals surface area contributed by atoms with Crippen molar-refractivity contribution in [2.24, 2.45) is 5.92 Å². The number of aryl methyl sites for hydroxylation is 1. The van der Waals surface area contributed by atoms with Gasteiger partial charge in [-0.25, -0.2) is 9.59 Å². The number of carbonyl (C=O) groups excluding carboxylic acids is 1. The van der Waals surface area contributed by atoms with Crippen LogP contribution in [0.3, 0.4) is 0 Å². The van der Waals surface area contributed by atoms with Crippen LogP contribution in [0.25, 0.3) is 0 Å². The van der Waals surface area contributed by atoms with E-state index in [9.17, 15) is 19.5 Å². The molecule has 2 atom stereocenters. The fourth-order valence-corrected chi connectivity index (χ4v) is 4.67. The first kappa shape index (κ1) is 25.6. The summed E-state index contributed by atoms with van der Waals surface area (Å²) >= 11 is 1.70. The summed E-state index contributed by atoms with van der Waals surface area (Å²) in [6.45, 7) is 5.87. The van der Waals surface area contributed by atoms with Gasteiger partial charge in [-0.1, -0.05) is 33.3 Å². The van der Waals surface area contributed by atoms with E-state index in [1.165, 1.54) is 17.0 Å². The third-order valence-electron chi connectivity index (χ3n) is 5.51. The van der Waals surface area contributed by atoms with Crippen molar-refractivity contribution in [2.75, 3.05) is 0 Å². The number of allylic oxidation sites excluding steroid dienone is 1. The van der Waals surface area contributed by atoms with Crippen LogP contribution in [0.1, 0.15) is 84.7 Å². The number of carboxylic acids is 1. The van der Waals surface area contributed by atoms with Gasteiger partial charge in [0.15, 0.2) is 5.78 Å². The maximum absolute atomic E-state index is 13.1. The van der Waals surface area contributed by atoms with E-state index in [1.807, 2.05) is 19.9 Å². The van der Waals surface area contributed by atoms with Crippen molar-refractivity contribution in [3.8, 4) is 5.75 Å². The third kappa shape index (κ3) is 7.19. The molecule has 0 bridgehead atoms. The van der Waals surface area contributed by atoms with Crippen LogP contribution in [-0.2, 0) is 17.6 Å². The summed E-state index contributed by atoms with van der Waals surface area (Å²) in [5.74, 6) is -2.13. The number of carbonyl (C=O) groups is 2. The minimum atomic E-state index is -1.02. The zero-order valence-corrected chi connectivity index (χ0v) is 19.7. The molecule has 6 nitrogen and oxygen atoms in total. The van der Waals surface area contributed by atoms with Crippen molar-refractivity contribution in [1.82, 2.24) is 0 Å². The fourth-order valence-electron chi connectivity index (χ4n) is 3.53. The van der Waals surface area contributed by atoms with Gasteiger partial charge in [0, 0.05) is 33.7 Å². The monoisotopic (exact) mass is 460 g/mol. The summed E-state index contributed by atoms with van der Waals surface area (Å²) in [5, 5.41) is 19.1. The molecule has 0 aliphatic heterocycles. The Balaban J connectivity index is 2.13. The van der Waals surface area contributed by atoms with Crippen molar-refractivity contribution in [3.05, 3.63) is 61.8 Å². The van der Waals surface area contributed by atoms with Crippen molar-refractivity contribution >= 4 is 23.1 Å². The van der Waals surface area contributed by atoms with Crippen molar-refractivity contribution in [3.63, 3.8) is 0 Å². The number of aliphatic carboxylic acids is 1. The van der Waals surface area contributed by atoms with Crippen molar-refractivity contribution in [1.29, 1.82) is 0 Å². The Morgan fingerprint density at radius 2 is 1.94 bits per heavy atom. The molecule has 0 saturated carbocycles. The van der Waals surface area contributed by atoms with E-state index in [0.29, 0.717) is 25.7 Å². The van der Waals surface area contributed by atoms with Crippen LogP contribution in [0.2, 0.25) is 0 Å². The van der Waals surface area contributed by atoms with E-state index < -0.39 is 23.3 Å². The molecule has 0 spiro atoms.